The average molecular weight is 300 g/mol. The van der Waals surface area contributed by atoms with Crippen LogP contribution in [0, 0.1) is 0 Å². The maximum atomic E-state index is 4.98. The molecule has 1 aliphatic rings. The van der Waals surface area contributed by atoms with Crippen molar-refractivity contribution < 1.29 is 0 Å². The molecule has 112 valence electrons. The van der Waals surface area contributed by atoms with Gasteiger partial charge >= 0.3 is 0 Å². The molecule has 0 saturated heterocycles. The lowest BCUT2D eigenvalue weighted by atomic mass is 9.91. The summed E-state index contributed by atoms with van der Waals surface area (Å²) in [6.07, 6.45) is 4.79. The van der Waals surface area contributed by atoms with Crippen LogP contribution in [0.1, 0.15) is 53.7 Å². The SMILES string of the molecule is CC(C)NCC1CCCc2sc(Cc3ccccc3)nc21. The van der Waals surface area contributed by atoms with Crippen LogP contribution in [-0.2, 0) is 12.8 Å². The van der Waals surface area contributed by atoms with Gasteiger partial charge in [-0.1, -0.05) is 44.2 Å². The molecule has 0 bridgehead atoms. The van der Waals surface area contributed by atoms with Gasteiger partial charge in [-0.3, -0.25) is 0 Å². The summed E-state index contributed by atoms with van der Waals surface area (Å²) in [6, 6.07) is 11.2. The molecule has 1 aromatic heterocycles. The van der Waals surface area contributed by atoms with Crippen molar-refractivity contribution in [1.29, 1.82) is 0 Å². The van der Waals surface area contributed by atoms with Crippen molar-refractivity contribution in [3.05, 3.63) is 51.5 Å². The zero-order chi connectivity index (χ0) is 14.7. The number of aryl methyl sites for hydroxylation is 1. The Labute approximate surface area is 131 Å². The molecule has 1 aliphatic carbocycles. The summed E-state index contributed by atoms with van der Waals surface area (Å²) in [5.41, 5.74) is 2.74. The maximum Gasteiger partial charge on any atom is 0.0975 e. The van der Waals surface area contributed by atoms with E-state index in [9.17, 15) is 0 Å². The van der Waals surface area contributed by atoms with Crippen molar-refractivity contribution in [2.24, 2.45) is 0 Å². The van der Waals surface area contributed by atoms with Gasteiger partial charge in [0.25, 0.3) is 0 Å². The lowest BCUT2D eigenvalue weighted by Gasteiger charge is -2.22. The fourth-order valence-electron chi connectivity index (χ4n) is 2.98. The van der Waals surface area contributed by atoms with Crippen molar-refractivity contribution >= 4 is 11.3 Å². The summed E-state index contributed by atoms with van der Waals surface area (Å²) >= 11 is 1.93. The van der Waals surface area contributed by atoms with Crippen LogP contribution in [0.15, 0.2) is 30.3 Å². The Kier molecular flexibility index (Phi) is 4.71. The molecule has 1 unspecified atom stereocenters. The Morgan fingerprint density at radius 2 is 2.10 bits per heavy atom. The quantitative estimate of drug-likeness (QED) is 0.897. The highest BCUT2D eigenvalue weighted by Crippen LogP contribution is 2.35. The van der Waals surface area contributed by atoms with E-state index >= 15 is 0 Å². The summed E-state index contributed by atoms with van der Waals surface area (Å²) in [4.78, 5) is 6.51. The zero-order valence-electron chi connectivity index (χ0n) is 12.9. The monoisotopic (exact) mass is 300 g/mol. The third kappa shape index (κ3) is 3.72. The number of benzene rings is 1. The molecule has 0 fully saturated rings. The minimum Gasteiger partial charge on any atom is -0.314 e. The van der Waals surface area contributed by atoms with Gasteiger partial charge in [-0.15, -0.1) is 11.3 Å². The first-order chi connectivity index (χ1) is 10.2. The van der Waals surface area contributed by atoms with E-state index in [1.807, 2.05) is 11.3 Å². The van der Waals surface area contributed by atoms with Gasteiger partial charge in [0.05, 0.1) is 10.7 Å². The molecule has 2 nitrogen and oxygen atoms in total. The van der Waals surface area contributed by atoms with Crippen molar-refractivity contribution in [3.63, 3.8) is 0 Å². The van der Waals surface area contributed by atoms with E-state index in [0.29, 0.717) is 12.0 Å². The van der Waals surface area contributed by atoms with Crippen LogP contribution in [0.25, 0.3) is 0 Å². The van der Waals surface area contributed by atoms with Gasteiger partial charge < -0.3 is 5.32 Å². The van der Waals surface area contributed by atoms with Gasteiger partial charge in [0, 0.05) is 29.8 Å². The van der Waals surface area contributed by atoms with Crippen molar-refractivity contribution in [1.82, 2.24) is 10.3 Å². The van der Waals surface area contributed by atoms with Crippen LogP contribution in [0.2, 0.25) is 0 Å². The first-order valence-corrected chi connectivity index (χ1v) is 8.80. The molecule has 3 heteroatoms. The molecular formula is C18H24N2S. The molecule has 1 aromatic carbocycles. The van der Waals surface area contributed by atoms with Crippen LogP contribution >= 0.6 is 11.3 Å². The summed E-state index contributed by atoms with van der Waals surface area (Å²) in [7, 11) is 0. The topological polar surface area (TPSA) is 24.9 Å². The van der Waals surface area contributed by atoms with Crippen LogP contribution in [0.3, 0.4) is 0 Å². The fourth-order valence-corrected chi connectivity index (χ4v) is 4.21. The lowest BCUT2D eigenvalue weighted by Crippen LogP contribution is -2.29. The number of hydrogen-bond acceptors (Lipinski definition) is 3. The Bertz CT molecular complexity index is 574. The second kappa shape index (κ2) is 6.71. The molecule has 3 rings (SSSR count). The summed E-state index contributed by atoms with van der Waals surface area (Å²) in [5, 5.41) is 4.86. The average Bonchev–Trinajstić information content (AvgIpc) is 2.89. The fraction of sp³-hybridized carbons (Fsp3) is 0.500. The number of nitrogens with one attached hydrogen (secondary N) is 1. The van der Waals surface area contributed by atoms with E-state index in [4.69, 9.17) is 4.98 Å². The lowest BCUT2D eigenvalue weighted by molar-refractivity contribution is 0.474. The van der Waals surface area contributed by atoms with E-state index in [2.05, 4.69) is 49.5 Å². The summed E-state index contributed by atoms with van der Waals surface area (Å²) < 4.78 is 0. The van der Waals surface area contributed by atoms with Crippen LogP contribution in [-0.4, -0.2) is 17.6 Å². The van der Waals surface area contributed by atoms with E-state index in [-0.39, 0.29) is 0 Å². The molecule has 0 amide bonds. The van der Waals surface area contributed by atoms with E-state index < -0.39 is 0 Å². The van der Waals surface area contributed by atoms with E-state index in [1.165, 1.54) is 40.4 Å². The highest BCUT2D eigenvalue weighted by molar-refractivity contribution is 7.11. The van der Waals surface area contributed by atoms with Gasteiger partial charge in [-0.2, -0.15) is 0 Å². The number of nitrogens with zero attached hydrogens (tertiary/aromatic N) is 1. The normalized spacial score (nSPS) is 18.0. The van der Waals surface area contributed by atoms with Gasteiger partial charge in [0.2, 0.25) is 0 Å². The molecule has 0 spiro atoms. The first kappa shape index (κ1) is 14.7. The third-order valence-corrected chi connectivity index (χ3v) is 5.22. The van der Waals surface area contributed by atoms with Gasteiger partial charge in [0.15, 0.2) is 0 Å². The molecule has 1 atom stereocenters. The standard InChI is InChI=1S/C18H24N2S/c1-13(2)19-12-15-9-6-10-16-18(15)20-17(21-16)11-14-7-4-3-5-8-14/h3-5,7-8,13,15,19H,6,9-12H2,1-2H3. The summed E-state index contributed by atoms with van der Waals surface area (Å²) in [6.45, 7) is 5.50. The molecule has 2 aromatic rings. The van der Waals surface area contributed by atoms with Gasteiger partial charge in [-0.25, -0.2) is 4.98 Å². The maximum absolute atomic E-state index is 4.98. The smallest absolute Gasteiger partial charge is 0.0975 e. The Morgan fingerprint density at radius 3 is 2.86 bits per heavy atom. The zero-order valence-corrected chi connectivity index (χ0v) is 13.7. The molecule has 21 heavy (non-hydrogen) atoms. The Hall–Kier alpha value is -1.19. The number of aromatic nitrogens is 1. The largest absolute Gasteiger partial charge is 0.314 e. The number of fused-ring (bicyclic) bond motifs is 1. The molecule has 1 heterocycles. The van der Waals surface area contributed by atoms with E-state index in [1.54, 1.807) is 0 Å². The highest BCUT2D eigenvalue weighted by atomic mass is 32.1. The molecule has 0 radical (unpaired) electrons. The third-order valence-electron chi connectivity index (χ3n) is 4.09. The predicted octanol–water partition coefficient (Wildman–Crippen LogP) is 4.15. The number of rotatable bonds is 5. The molecular weight excluding hydrogens is 276 g/mol. The minimum absolute atomic E-state index is 0.554. The first-order valence-electron chi connectivity index (χ1n) is 7.98. The Morgan fingerprint density at radius 1 is 1.29 bits per heavy atom. The molecule has 0 aliphatic heterocycles. The van der Waals surface area contributed by atoms with Crippen molar-refractivity contribution in [2.75, 3.05) is 6.54 Å². The van der Waals surface area contributed by atoms with E-state index in [0.717, 1.165) is 13.0 Å². The van der Waals surface area contributed by atoms with Crippen LogP contribution in [0.5, 0.6) is 0 Å². The van der Waals surface area contributed by atoms with Gasteiger partial charge in [-0.05, 0) is 24.8 Å². The van der Waals surface area contributed by atoms with Crippen LogP contribution in [0.4, 0.5) is 0 Å². The summed E-state index contributed by atoms with van der Waals surface area (Å²) in [5.74, 6) is 0.608. The number of thiazole rings is 1. The van der Waals surface area contributed by atoms with Crippen molar-refractivity contribution in [2.45, 2.75) is 51.5 Å². The van der Waals surface area contributed by atoms with Crippen LogP contribution < -0.4 is 5.32 Å². The Balaban J connectivity index is 1.74. The second-order valence-corrected chi connectivity index (χ2v) is 7.40. The molecule has 0 saturated carbocycles. The van der Waals surface area contributed by atoms with Crippen molar-refractivity contribution in [3.8, 4) is 0 Å². The second-order valence-electron chi connectivity index (χ2n) is 6.23. The minimum atomic E-state index is 0.554. The predicted molar refractivity (Wildman–Crippen MR) is 90.2 cm³/mol. The highest BCUT2D eigenvalue weighted by Gasteiger charge is 2.24. The number of hydrogen-bond donors (Lipinski definition) is 1. The molecule has 1 N–H and O–H groups in total. The van der Waals surface area contributed by atoms with Gasteiger partial charge in [0.1, 0.15) is 0 Å².